The van der Waals surface area contributed by atoms with E-state index in [0.29, 0.717) is 32.8 Å². The normalized spacial score (nSPS) is 9.93. The van der Waals surface area contributed by atoms with Crippen LogP contribution in [-0.4, -0.2) is 45.3 Å². The molecule has 0 aromatic carbocycles. The standard InChI is InChI=1S/C9H18N2O4/c1-11-9(13)3-5-15-7-6-14-4-2-8(10)12/h2-7H2,1H3,(H2,10,12)(H,11,13). The van der Waals surface area contributed by atoms with Gasteiger partial charge in [0.15, 0.2) is 0 Å². The third-order valence-corrected chi connectivity index (χ3v) is 1.62. The summed E-state index contributed by atoms with van der Waals surface area (Å²) in [5.74, 6) is -0.430. The fourth-order valence-corrected chi connectivity index (χ4v) is 0.785. The largest absolute Gasteiger partial charge is 0.379 e. The van der Waals surface area contributed by atoms with E-state index in [4.69, 9.17) is 15.2 Å². The van der Waals surface area contributed by atoms with Gasteiger partial charge in [-0.25, -0.2) is 0 Å². The summed E-state index contributed by atoms with van der Waals surface area (Å²) in [5.41, 5.74) is 4.91. The second-order valence-corrected chi connectivity index (χ2v) is 2.86. The molecule has 0 aliphatic carbocycles. The number of ether oxygens (including phenoxy) is 2. The third-order valence-electron chi connectivity index (χ3n) is 1.62. The number of hydrogen-bond acceptors (Lipinski definition) is 4. The van der Waals surface area contributed by atoms with Crippen molar-refractivity contribution in [1.29, 1.82) is 0 Å². The number of carbonyl (C=O) groups is 2. The number of rotatable bonds is 9. The Balaban J connectivity index is 3.05. The van der Waals surface area contributed by atoms with Crippen molar-refractivity contribution in [3.63, 3.8) is 0 Å². The van der Waals surface area contributed by atoms with Crippen LogP contribution in [0.15, 0.2) is 0 Å². The molecule has 15 heavy (non-hydrogen) atoms. The summed E-state index contributed by atoms with van der Waals surface area (Å²) in [5, 5.41) is 2.49. The van der Waals surface area contributed by atoms with Gasteiger partial charge in [-0.2, -0.15) is 0 Å². The summed E-state index contributed by atoms with van der Waals surface area (Å²) >= 11 is 0. The maximum absolute atomic E-state index is 10.7. The average Bonchev–Trinajstić information content (AvgIpc) is 2.21. The van der Waals surface area contributed by atoms with Crippen molar-refractivity contribution >= 4 is 11.8 Å². The van der Waals surface area contributed by atoms with Crippen molar-refractivity contribution in [2.75, 3.05) is 33.5 Å². The second-order valence-electron chi connectivity index (χ2n) is 2.86. The van der Waals surface area contributed by atoms with Gasteiger partial charge in [-0.05, 0) is 0 Å². The van der Waals surface area contributed by atoms with E-state index >= 15 is 0 Å². The molecule has 3 N–H and O–H groups in total. The Morgan fingerprint density at radius 3 is 2.07 bits per heavy atom. The Kier molecular flexibility index (Phi) is 8.70. The topological polar surface area (TPSA) is 90.7 Å². The number of carbonyl (C=O) groups excluding carboxylic acids is 2. The number of amides is 2. The van der Waals surface area contributed by atoms with E-state index in [1.165, 1.54) is 0 Å². The maximum atomic E-state index is 10.7. The summed E-state index contributed by atoms with van der Waals surface area (Å²) in [6.07, 6.45) is 0.566. The molecule has 88 valence electrons. The molecule has 0 saturated heterocycles. The summed E-state index contributed by atoms with van der Waals surface area (Å²) in [6, 6.07) is 0. The molecule has 0 saturated carbocycles. The maximum Gasteiger partial charge on any atom is 0.222 e. The Morgan fingerprint density at radius 2 is 1.60 bits per heavy atom. The van der Waals surface area contributed by atoms with E-state index in [1.807, 2.05) is 0 Å². The van der Waals surface area contributed by atoms with Crippen LogP contribution in [0.3, 0.4) is 0 Å². The summed E-state index contributed by atoms with van der Waals surface area (Å²) in [4.78, 5) is 21.1. The van der Waals surface area contributed by atoms with Crippen LogP contribution < -0.4 is 11.1 Å². The molecule has 0 aromatic rings. The first-order chi connectivity index (χ1) is 7.16. The van der Waals surface area contributed by atoms with Crippen LogP contribution in [0, 0.1) is 0 Å². The van der Waals surface area contributed by atoms with Gasteiger partial charge in [0, 0.05) is 19.9 Å². The Bertz CT molecular complexity index is 197. The Labute approximate surface area is 89.1 Å². The average molecular weight is 218 g/mol. The predicted octanol–water partition coefficient (Wildman–Crippen LogP) is -0.969. The van der Waals surface area contributed by atoms with Crippen LogP contribution in [0.25, 0.3) is 0 Å². The zero-order valence-electron chi connectivity index (χ0n) is 8.95. The molecule has 0 rings (SSSR count). The summed E-state index contributed by atoms with van der Waals surface area (Å²) in [7, 11) is 1.58. The molecule has 6 nitrogen and oxygen atoms in total. The molecule has 0 heterocycles. The van der Waals surface area contributed by atoms with Crippen molar-refractivity contribution in [2.45, 2.75) is 12.8 Å². The van der Waals surface area contributed by atoms with Crippen molar-refractivity contribution in [3.05, 3.63) is 0 Å². The quantitative estimate of drug-likeness (QED) is 0.487. The molecule has 0 aliphatic heterocycles. The first-order valence-electron chi connectivity index (χ1n) is 4.81. The number of hydrogen-bond donors (Lipinski definition) is 2. The van der Waals surface area contributed by atoms with Crippen molar-refractivity contribution < 1.29 is 19.1 Å². The van der Waals surface area contributed by atoms with E-state index in [9.17, 15) is 9.59 Å². The lowest BCUT2D eigenvalue weighted by atomic mass is 10.4. The van der Waals surface area contributed by atoms with Gasteiger partial charge in [0.05, 0.1) is 26.4 Å². The summed E-state index contributed by atoms with van der Waals surface area (Å²) < 4.78 is 10.2. The van der Waals surface area contributed by atoms with Gasteiger partial charge in [-0.15, -0.1) is 0 Å². The fraction of sp³-hybridized carbons (Fsp3) is 0.778. The predicted molar refractivity (Wildman–Crippen MR) is 54.1 cm³/mol. The van der Waals surface area contributed by atoms with Crippen molar-refractivity contribution in [1.82, 2.24) is 5.32 Å². The first-order valence-corrected chi connectivity index (χ1v) is 4.81. The van der Waals surface area contributed by atoms with Crippen LogP contribution in [0.2, 0.25) is 0 Å². The first kappa shape index (κ1) is 13.9. The second kappa shape index (κ2) is 9.42. The molecule has 2 amide bonds. The van der Waals surface area contributed by atoms with Gasteiger partial charge in [0.2, 0.25) is 11.8 Å². The molecule has 0 radical (unpaired) electrons. The van der Waals surface area contributed by atoms with Crippen LogP contribution in [0.5, 0.6) is 0 Å². The highest BCUT2D eigenvalue weighted by Gasteiger charge is 1.97. The Morgan fingerprint density at radius 1 is 1.07 bits per heavy atom. The van der Waals surface area contributed by atoms with Gasteiger partial charge in [-0.3, -0.25) is 9.59 Å². The van der Waals surface area contributed by atoms with Crippen LogP contribution >= 0.6 is 0 Å². The van der Waals surface area contributed by atoms with Gasteiger partial charge in [0.1, 0.15) is 0 Å². The monoisotopic (exact) mass is 218 g/mol. The minimum absolute atomic E-state index is 0.0513. The third kappa shape index (κ3) is 10.8. The molecule has 0 atom stereocenters. The molecule has 0 fully saturated rings. The van der Waals surface area contributed by atoms with Gasteiger partial charge in [-0.1, -0.05) is 0 Å². The zero-order valence-corrected chi connectivity index (χ0v) is 8.95. The van der Waals surface area contributed by atoms with Crippen molar-refractivity contribution in [3.8, 4) is 0 Å². The zero-order chi connectivity index (χ0) is 11.5. The minimum Gasteiger partial charge on any atom is -0.379 e. The number of nitrogens with one attached hydrogen (secondary N) is 1. The lowest BCUT2D eigenvalue weighted by Crippen LogP contribution is -2.20. The van der Waals surface area contributed by atoms with Gasteiger partial charge in [0.25, 0.3) is 0 Å². The van der Waals surface area contributed by atoms with Crippen molar-refractivity contribution in [2.24, 2.45) is 5.73 Å². The molecule has 0 bridgehead atoms. The lowest BCUT2D eigenvalue weighted by molar-refractivity contribution is -0.122. The fourth-order valence-electron chi connectivity index (χ4n) is 0.785. The smallest absolute Gasteiger partial charge is 0.222 e. The van der Waals surface area contributed by atoms with E-state index in [0.717, 1.165) is 0 Å². The number of primary amides is 1. The van der Waals surface area contributed by atoms with Crippen LogP contribution in [-0.2, 0) is 19.1 Å². The molecule has 0 unspecified atom stereocenters. The lowest BCUT2D eigenvalue weighted by Gasteiger charge is -2.04. The van der Waals surface area contributed by atoms with Gasteiger partial charge >= 0.3 is 0 Å². The van der Waals surface area contributed by atoms with Crippen LogP contribution in [0.1, 0.15) is 12.8 Å². The molecule has 0 aliphatic rings. The van der Waals surface area contributed by atoms with E-state index < -0.39 is 0 Å². The highest BCUT2D eigenvalue weighted by Crippen LogP contribution is 1.85. The summed E-state index contributed by atoms with van der Waals surface area (Å²) in [6.45, 7) is 1.50. The van der Waals surface area contributed by atoms with E-state index in [-0.39, 0.29) is 18.2 Å². The molecule has 0 spiro atoms. The van der Waals surface area contributed by atoms with E-state index in [2.05, 4.69) is 5.32 Å². The van der Waals surface area contributed by atoms with Gasteiger partial charge < -0.3 is 20.5 Å². The molecule has 0 aromatic heterocycles. The highest BCUT2D eigenvalue weighted by atomic mass is 16.5. The minimum atomic E-state index is -0.379. The molecular weight excluding hydrogens is 200 g/mol. The van der Waals surface area contributed by atoms with E-state index in [1.54, 1.807) is 7.05 Å². The number of nitrogens with two attached hydrogens (primary N) is 1. The Hall–Kier alpha value is -1.14. The molecular formula is C9H18N2O4. The SMILES string of the molecule is CNC(=O)CCOCCOCCC(N)=O. The highest BCUT2D eigenvalue weighted by molar-refractivity contribution is 5.75. The van der Waals surface area contributed by atoms with Crippen LogP contribution in [0.4, 0.5) is 0 Å². The molecule has 6 heteroatoms.